The van der Waals surface area contributed by atoms with Crippen molar-refractivity contribution in [2.75, 3.05) is 27.2 Å². The van der Waals surface area contributed by atoms with Gasteiger partial charge < -0.3 is 10.6 Å². The van der Waals surface area contributed by atoms with E-state index in [1.807, 2.05) is 7.05 Å². The van der Waals surface area contributed by atoms with Gasteiger partial charge in [-0.1, -0.05) is 48.5 Å². The maximum atomic E-state index is 4.40. The fourth-order valence-electron chi connectivity index (χ4n) is 3.88. The van der Waals surface area contributed by atoms with Crippen molar-refractivity contribution >= 4 is 5.96 Å². The smallest absolute Gasteiger partial charge is 0.191 e. The first kappa shape index (κ1) is 23.3. The van der Waals surface area contributed by atoms with E-state index in [9.17, 15) is 0 Å². The molecular weight excluding hydrogens is 382 g/mol. The quantitative estimate of drug-likeness (QED) is 0.475. The van der Waals surface area contributed by atoms with Gasteiger partial charge in [0.05, 0.1) is 0 Å². The minimum atomic E-state index is 0.525. The van der Waals surface area contributed by atoms with Crippen LogP contribution < -0.4 is 10.6 Å². The highest BCUT2D eigenvalue weighted by atomic mass is 15.2. The van der Waals surface area contributed by atoms with Gasteiger partial charge in [0.15, 0.2) is 5.96 Å². The lowest BCUT2D eigenvalue weighted by atomic mass is 10.1. The zero-order chi connectivity index (χ0) is 22.1. The summed E-state index contributed by atoms with van der Waals surface area (Å²) in [7, 11) is 4.00. The number of rotatable bonds is 9. The molecule has 1 aliphatic rings. The highest BCUT2D eigenvalue weighted by molar-refractivity contribution is 5.79. The van der Waals surface area contributed by atoms with E-state index in [1.165, 1.54) is 48.2 Å². The Morgan fingerprint density at radius 1 is 0.935 bits per heavy atom. The second kappa shape index (κ2) is 11.9. The number of aliphatic imine (C=N–C) groups is 1. The molecule has 1 aliphatic heterocycles. The number of hydrogen-bond acceptors (Lipinski definition) is 3. The lowest BCUT2D eigenvalue weighted by Gasteiger charge is -2.23. The van der Waals surface area contributed by atoms with Gasteiger partial charge in [-0.3, -0.25) is 14.8 Å². The van der Waals surface area contributed by atoms with Crippen LogP contribution in [0.1, 0.15) is 48.9 Å². The van der Waals surface area contributed by atoms with Gasteiger partial charge in [0.2, 0.25) is 0 Å². The molecule has 0 aliphatic carbocycles. The molecule has 2 N–H and O–H groups in total. The zero-order valence-corrected chi connectivity index (χ0v) is 19.7. The first-order valence-corrected chi connectivity index (χ1v) is 11.6. The minimum Gasteiger partial charge on any atom is -0.352 e. The molecule has 0 spiro atoms. The van der Waals surface area contributed by atoms with Crippen molar-refractivity contribution in [2.45, 2.75) is 58.9 Å². The number of nitrogens with zero attached hydrogens (tertiary/aromatic N) is 3. The highest BCUT2D eigenvalue weighted by Crippen LogP contribution is 2.14. The minimum absolute atomic E-state index is 0.525. The van der Waals surface area contributed by atoms with Crippen LogP contribution in [-0.2, 0) is 26.2 Å². The molecular formula is C26H39N5. The third kappa shape index (κ3) is 7.37. The van der Waals surface area contributed by atoms with Gasteiger partial charge >= 0.3 is 0 Å². The molecule has 168 valence electrons. The van der Waals surface area contributed by atoms with Crippen molar-refractivity contribution < 1.29 is 0 Å². The monoisotopic (exact) mass is 421 g/mol. The second-order valence-corrected chi connectivity index (χ2v) is 8.86. The van der Waals surface area contributed by atoms with Crippen molar-refractivity contribution in [2.24, 2.45) is 4.99 Å². The third-order valence-electron chi connectivity index (χ3n) is 6.18. The molecule has 5 nitrogen and oxygen atoms in total. The van der Waals surface area contributed by atoms with E-state index in [0.29, 0.717) is 6.04 Å². The van der Waals surface area contributed by atoms with Crippen LogP contribution in [0.2, 0.25) is 0 Å². The average Bonchev–Trinajstić information content (AvgIpc) is 3.29. The molecule has 1 fully saturated rings. The summed E-state index contributed by atoms with van der Waals surface area (Å²) < 4.78 is 0. The lowest BCUT2D eigenvalue weighted by molar-refractivity contribution is 0.265. The molecule has 0 atom stereocenters. The molecule has 5 heteroatoms. The zero-order valence-electron chi connectivity index (χ0n) is 19.7. The first-order valence-electron chi connectivity index (χ1n) is 11.6. The SMILES string of the molecule is CN=C(NCc1ccc(CN2CCCC2)cc1)NCc1ccccc1CN(C)C(C)C. The Labute approximate surface area is 188 Å². The van der Waals surface area contributed by atoms with Gasteiger partial charge in [-0.15, -0.1) is 0 Å². The molecule has 0 bridgehead atoms. The summed E-state index contributed by atoms with van der Waals surface area (Å²) in [6.07, 6.45) is 2.68. The molecule has 1 heterocycles. The van der Waals surface area contributed by atoms with E-state index in [2.05, 4.69) is 94.9 Å². The van der Waals surface area contributed by atoms with E-state index >= 15 is 0 Å². The van der Waals surface area contributed by atoms with E-state index in [1.54, 1.807) is 0 Å². The van der Waals surface area contributed by atoms with Gasteiger partial charge in [0, 0.05) is 39.3 Å². The predicted octanol–water partition coefficient (Wildman–Crippen LogP) is 3.99. The molecule has 0 aromatic heterocycles. The summed E-state index contributed by atoms with van der Waals surface area (Å²) in [6, 6.07) is 18.1. The summed E-state index contributed by atoms with van der Waals surface area (Å²) in [4.78, 5) is 9.30. The Hall–Kier alpha value is -2.37. The molecule has 3 rings (SSSR count). The molecule has 0 radical (unpaired) electrons. The van der Waals surface area contributed by atoms with Crippen LogP contribution in [0.5, 0.6) is 0 Å². The Morgan fingerprint density at radius 3 is 2.19 bits per heavy atom. The van der Waals surface area contributed by atoms with Gasteiger partial charge in [-0.05, 0) is 69.1 Å². The third-order valence-corrected chi connectivity index (χ3v) is 6.18. The highest BCUT2D eigenvalue weighted by Gasteiger charge is 2.12. The number of nitrogens with one attached hydrogen (secondary N) is 2. The predicted molar refractivity (Wildman–Crippen MR) is 131 cm³/mol. The van der Waals surface area contributed by atoms with E-state index in [0.717, 1.165) is 32.1 Å². The Kier molecular flexibility index (Phi) is 8.92. The van der Waals surface area contributed by atoms with Crippen LogP contribution in [0.15, 0.2) is 53.5 Å². The molecule has 0 amide bonds. The summed E-state index contributed by atoms with van der Waals surface area (Å²) in [5, 5.41) is 6.92. The number of likely N-dealkylation sites (tertiary alicyclic amines) is 1. The standard InChI is InChI=1S/C26H39N5/c1-21(2)30(4)20-25-10-6-5-9-24(25)18-29-26(27-3)28-17-22-11-13-23(14-12-22)19-31-15-7-8-16-31/h5-6,9-14,21H,7-8,15-20H2,1-4H3,(H2,27,28,29). The van der Waals surface area contributed by atoms with Crippen LogP contribution >= 0.6 is 0 Å². The van der Waals surface area contributed by atoms with Crippen molar-refractivity contribution in [3.05, 3.63) is 70.8 Å². The normalized spacial score (nSPS) is 15.1. The van der Waals surface area contributed by atoms with Crippen LogP contribution in [0.4, 0.5) is 0 Å². The largest absolute Gasteiger partial charge is 0.352 e. The van der Waals surface area contributed by atoms with E-state index in [-0.39, 0.29) is 0 Å². The lowest BCUT2D eigenvalue weighted by Crippen LogP contribution is -2.36. The summed E-state index contributed by atoms with van der Waals surface area (Å²) in [6.45, 7) is 10.5. The average molecular weight is 422 g/mol. The Balaban J connectivity index is 1.49. The fraction of sp³-hybridized carbons (Fsp3) is 0.500. The Morgan fingerprint density at radius 2 is 1.55 bits per heavy atom. The molecule has 2 aromatic carbocycles. The molecule has 0 saturated carbocycles. The molecule has 0 unspecified atom stereocenters. The summed E-state index contributed by atoms with van der Waals surface area (Å²) in [5.41, 5.74) is 5.34. The fourth-order valence-corrected chi connectivity index (χ4v) is 3.88. The molecule has 2 aromatic rings. The van der Waals surface area contributed by atoms with Gasteiger partial charge in [0.25, 0.3) is 0 Å². The number of guanidine groups is 1. The number of benzene rings is 2. The van der Waals surface area contributed by atoms with Gasteiger partial charge in [0.1, 0.15) is 0 Å². The second-order valence-electron chi connectivity index (χ2n) is 8.86. The van der Waals surface area contributed by atoms with Crippen LogP contribution in [0.3, 0.4) is 0 Å². The van der Waals surface area contributed by atoms with Crippen molar-refractivity contribution in [1.82, 2.24) is 20.4 Å². The van der Waals surface area contributed by atoms with Gasteiger partial charge in [-0.25, -0.2) is 0 Å². The first-order chi connectivity index (χ1) is 15.0. The van der Waals surface area contributed by atoms with Crippen LogP contribution in [-0.4, -0.2) is 49.0 Å². The molecule has 31 heavy (non-hydrogen) atoms. The maximum absolute atomic E-state index is 4.40. The van der Waals surface area contributed by atoms with Crippen molar-refractivity contribution in [1.29, 1.82) is 0 Å². The van der Waals surface area contributed by atoms with Crippen molar-refractivity contribution in [3.8, 4) is 0 Å². The number of hydrogen-bond donors (Lipinski definition) is 2. The maximum Gasteiger partial charge on any atom is 0.191 e. The van der Waals surface area contributed by atoms with Crippen molar-refractivity contribution in [3.63, 3.8) is 0 Å². The summed E-state index contributed by atoms with van der Waals surface area (Å²) in [5.74, 6) is 0.827. The van der Waals surface area contributed by atoms with E-state index in [4.69, 9.17) is 0 Å². The Bertz CT molecular complexity index is 822. The van der Waals surface area contributed by atoms with Crippen LogP contribution in [0.25, 0.3) is 0 Å². The van der Waals surface area contributed by atoms with Gasteiger partial charge in [-0.2, -0.15) is 0 Å². The summed E-state index contributed by atoms with van der Waals surface area (Å²) >= 11 is 0. The topological polar surface area (TPSA) is 42.9 Å². The van der Waals surface area contributed by atoms with Crippen LogP contribution in [0, 0.1) is 0 Å². The van der Waals surface area contributed by atoms with E-state index < -0.39 is 0 Å². The molecule has 1 saturated heterocycles.